The monoisotopic (exact) mass is 546 g/mol. The molecular weight excluding hydrogens is 504 g/mol. The van der Waals surface area contributed by atoms with Crippen LogP contribution in [0.4, 0.5) is 10.6 Å². The highest BCUT2D eigenvalue weighted by Gasteiger charge is 2.32. The van der Waals surface area contributed by atoms with Crippen LogP contribution in [0.1, 0.15) is 55.9 Å². The highest BCUT2D eigenvalue weighted by Crippen LogP contribution is 2.36. The van der Waals surface area contributed by atoms with Gasteiger partial charge in [0.2, 0.25) is 5.88 Å². The van der Waals surface area contributed by atoms with Gasteiger partial charge in [-0.2, -0.15) is 10.2 Å². The fraction of sp³-hybridized carbons (Fsp3) is 0.581. The number of fused-ring (bicyclic) bond motifs is 1. The Bertz CT molecular complexity index is 1230. The van der Waals surface area contributed by atoms with Crippen molar-refractivity contribution in [1.29, 1.82) is 5.26 Å². The first-order valence-corrected chi connectivity index (χ1v) is 14.5. The molecule has 3 aliphatic rings. The van der Waals surface area contributed by atoms with Crippen LogP contribution in [0.2, 0.25) is 0 Å². The van der Waals surface area contributed by atoms with E-state index in [0.717, 1.165) is 55.8 Å². The van der Waals surface area contributed by atoms with Crippen molar-refractivity contribution in [3.05, 3.63) is 52.6 Å². The second kappa shape index (κ2) is 12.0. The predicted octanol–water partition coefficient (Wildman–Crippen LogP) is 4.04. The molecule has 0 unspecified atom stereocenters. The zero-order valence-corrected chi connectivity index (χ0v) is 24.4. The van der Waals surface area contributed by atoms with Crippen LogP contribution in [-0.2, 0) is 24.2 Å². The van der Waals surface area contributed by atoms with Gasteiger partial charge in [-0.25, -0.2) is 4.79 Å². The summed E-state index contributed by atoms with van der Waals surface area (Å²) in [7, 11) is 2.13. The number of likely N-dealkylation sites (N-methyl/N-ethyl adjacent to an activating group) is 1. The molecule has 214 valence electrons. The van der Waals surface area contributed by atoms with Crippen molar-refractivity contribution < 1.29 is 14.3 Å². The van der Waals surface area contributed by atoms with E-state index in [4.69, 9.17) is 14.5 Å². The minimum atomic E-state index is -0.521. The van der Waals surface area contributed by atoms with E-state index >= 15 is 0 Å². The lowest BCUT2D eigenvalue weighted by Gasteiger charge is -2.38. The Labute approximate surface area is 238 Å². The minimum absolute atomic E-state index is 0.275. The third kappa shape index (κ3) is 6.51. The number of piperazine rings is 1. The Morgan fingerprint density at radius 2 is 1.82 bits per heavy atom. The zero-order valence-electron chi connectivity index (χ0n) is 24.4. The van der Waals surface area contributed by atoms with E-state index in [-0.39, 0.29) is 6.09 Å². The van der Waals surface area contributed by atoms with Crippen LogP contribution >= 0.6 is 0 Å². The van der Waals surface area contributed by atoms with Crippen molar-refractivity contribution in [2.45, 2.75) is 64.8 Å². The maximum Gasteiger partial charge on any atom is 0.410 e. The number of anilines is 1. The molecule has 4 heterocycles. The molecule has 2 saturated heterocycles. The molecule has 0 bridgehead atoms. The van der Waals surface area contributed by atoms with Crippen molar-refractivity contribution >= 4 is 11.9 Å². The van der Waals surface area contributed by atoms with Crippen LogP contribution in [-0.4, -0.2) is 90.3 Å². The van der Waals surface area contributed by atoms with Gasteiger partial charge in [0.25, 0.3) is 0 Å². The first-order chi connectivity index (χ1) is 19.2. The van der Waals surface area contributed by atoms with E-state index < -0.39 is 5.60 Å². The summed E-state index contributed by atoms with van der Waals surface area (Å²) in [4.78, 5) is 26.4. The third-order valence-electron chi connectivity index (χ3n) is 8.09. The molecular formula is C31H42N6O3. The Hall–Kier alpha value is -3.35. The van der Waals surface area contributed by atoms with Crippen LogP contribution in [0.3, 0.4) is 0 Å². The molecule has 1 atom stereocenters. The predicted molar refractivity (Wildman–Crippen MR) is 154 cm³/mol. The summed E-state index contributed by atoms with van der Waals surface area (Å²) < 4.78 is 11.9. The van der Waals surface area contributed by atoms with Gasteiger partial charge in [-0.15, -0.1) is 0 Å². The maximum absolute atomic E-state index is 12.7. The second-order valence-corrected chi connectivity index (χ2v) is 12.2. The van der Waals surface area contributed by atoms with Gasteiger partial charge in [0, 0.05) is 57.4 Å². The average Bonchev–Trinajstić information content (AvgIpc) is 3.35. The van der Waals surface area contributed by atoms with E-state index in [1.165, 1.54) is 5.56 Å². The third-order valence-corrected chi connectivity index (χ3v) is 8.09. The van der Waals surface area contributed by atoms with Crippen LogP contribution in [0.25, 0.3) is 0 Å². The molecule has 0 N–H and O–H groups in total. The lowest BCUT2D eigenvalue weighted by atomic mass is 9.95. The first kappa shape index (κ1) is 28.2. The Balaban J connectivity index is 1.40. The van der Waals surface area contributed by atoms with Gasteiger partial charge in [-0.05, 0) is 64.8 Å². The van der Waals surface area contributed by atoms with Gasteiger partial charge in [-0.1, -0.05) is 30.3 Å². The lowest BCUT2D eigenvalue weighted by Crippen LogP contribution is -2.50. The largest absolute Gasteiger partial charge is 0.475 e. The Kier molecular flexibility index (Phi) is 8.48. The minimum Gasteiger partial charge on any atom is -0.475 e. The molecule has 0 saturated carbocycles. The highest BCUT2D eigenvalue weighted by atomic mass is 16.6. The summed E-state index contributed by atoms with van der Waals surface area (Å²) in [5.41, 5.74) is 3.46. The summed E-state index contributed by atoms with van der Waals surface area (Å²) in [5.74, 6) is 1.33. The van der Waals surface area contributed by atoms with Crippen molar-refractivity contribution in [1.82, 2.24) is 19.7 Å². The maximum atomic E-state index is 12.7. The standard InChI is InChI=1S/C31H42N6O3/c1-31(2,3)40-30(38)37-17-15-36(16-18-37)28-25-12-14-35(20-23-9-6-5-7-10-23)21-27(25)26(19-32)29(33-28)39-22-24-11-8-13-34(24)4/h5-7,9-10,24H,8,11-18,20-22H2,1-4H3/t24-/m0/s1. The number of rotatable bonds is 6. The van der Waals surface area contributed by atoms with Gasteiger partial charge in [0.05, 0.1) is 0 Å². The Morgan fingerprint density at radius 1 is 1.07 bits per heavy atom. The number of carbonyl (C=O) groups is 1. The summed E-state index contributed by atoms with van der Waals surface area (Å²) >= 11 is 0. The topological polar surface area (TPSA) is 85.2 Å². The van der Waals surface area contributed by atoms with Crippen molar-refractivity contribution in [2.75, 3.05) is 57.8 Å². The quantitative estimate of drug-likeness (QED) is 0.537. The number of carbonyl (C=O) groups excluding carboxylic acids is 1. The number of amides is 1. The number of hydrogen-bond donors (Lipinski definition) is 0. The molecule has 0 radical (unpaired) electrons. The van der Waals surface area contributed by atoms with Gasteiger partial charge in [0.15, 0.2) is 0 Å². The molecule has 5 rings (SSSR count). The summed E-state index contributed by atoms with van der Waals surface area (Å²) in [6, 6.07) is 13.3. The normalized spacial score (nSPS) is 20.2. The van der Waals surface area contributed by atoms with Gasteiger partial charge in [0.1, 0.15) is 29.7 Å². The fourth-order valence-electron chi connectivity index (χ4n) is 5.89. The fourth-order valence-corrected chi connectivity index (χ4v) is 5.89. The van der Waals surface area contributed by atoms with Gasteiger partial charge >= 0.3 is 6.09 Å². The summed E-state index contributed by atoms with van der Waals surface area (Å²) in [5, 5.41) is 10.3. The molecule has 2 aromatic rings. The first-order valence-electron chi connectivity index (χ1n) is 14.5. The smallest absolute Gasteiger partial charge is 0.410 e. The Morgan fingerprint density at radius 3 is 2.48 bits per heavy atom. The average molecular weight is 547 g/mol. The van der Waals surface area contributed by atoms with Gasteiger partial charge < -0.3 is 24.2 Å². The van der Waals surface area contributed by atoms with E-state index in [2.05, 4.69) is 52.1 Å². The van der Waals surface area contributed by atoms with Crippen LogP contribution in [0.5, 0.6) is 5.88 Å². The van der Waals surface area contributed by atoms with E-state index in [0.29, 0.717) is 56.8 Å². The SMILES string of the molecule is CN1CCC[C@H]1COc1nc(N2CCN(C(=O)OC(C)(C)C)CC2)c2c(c1C#N)CN(Cc1ccccc1)CC2. The number of aromatic nitrogens is 1. The van der Waals surface area contributed by atoms with Gasteiger partial charge in [-0.3, -0.25) is 4.90 Å². The van der Waals surface area contributed by atoms with Crippen molar-refractivity contribution in [3.8, 4) is 11.9 Å². The van der Waals surface area contributed by atoms with Crippen LogP contribution in [0, 0.1) is 11.3 Å². The molecule has 0 aliphatic carbocycles. The number of hydrogen-bond acceptors (Lipinski definition) is 8. The molecule has 2 fully saturated rings. The van der Waals surface area contributed by atoms with Crippen LogP contribution < -0.4 is 9.64 Å². The number of benzene rings is 1. The number of ether oxygens (including phenoxy) is 2. The highest BCUT2D eigenvalue weighted by molar-refractivity contribution is 5.69. The lowest BCUT2D eigenvalue weighted by molar-refractivity contribution is 0.0240. The molecule has 9 heteroatoms. The zero-order chi connectivity index (χ0) is 28.3. The molecule has 3 aliphatic heterocycles. The molecule has 0 spiro atoms. The molecule has 9 nitrogen and oxygen atoms in total. The molecule has 1 amide bonds. The van der Waals surface area contributed by atoms with E-state index in [9.17, 15) is 10.1 Å². The van der Waals surface area contributed by atoms with Crippen molar-refractivity contribution in [3.63, 3.8) is 0 Å². The van der Waals surface area contributed by atoms with E-state index in [1.54, 1.807) is 4.90 Å². The number of nitrogens with zero attached hydrogens (tertiary/aromatic N) is 6. The summed E-state index contributed by atoms with van der Waals surface area (Å²) in [6.07, 6.45) is 2.79. The number of pyridine rings is 1. The second-order valence-electron chi connectivity index (χ2n) is 12.2. The number of likely N-dealkylation sites (tertiary alicyclic amines) is 1. The summed E-state index contributed by atoms with van der Waals surface area (Å²) in [6.45, 7) is 12.1. The molecule has 40 heavy (non-hydrogen) atoms. The number of nitriles is 1. The molecule has 1 aromatic heterocycles. The van der Waals surface area contributed by atoms with Crippen molar-refractivity contribution in [2.24, 2.45) is 0 Å². The van der Waals surface area contributed by atoms with E-state index in [1.807, 2.05) is 26.8 Å². The molecule has 1 aromatic carbocycles. The van der Waals surface area contributed by atoms with Crippen LogP contribution in [0.15, 0.2) is 30.3 Å².